The van der Waals surface area contributed by atoms with Crippen LogP contribution in [0.2, 0.25) is 0 Å². The van der Waals surface area contributed by atoms with Crippen LogP contribution in [-0.2, 0) is 30.5 Å². The zero-order valence-electron chi connectivity index (χ0n) is 27.6. The van der Waals surface area contributed by atoms with Crippen LogP contribution in [0.1, 0.15) is 88.6 Å². The molecule has 2 aromatic carbocycles. The lowest BCUT2D eigenvalue weighted by Gasteiger charge is -2.31. The number of ketones is 1. The van der Waals surface area contributed by atoms with E-state index in [0.29, 0.717) is 16.7 Å². The molecule has 0 bridgehead atoms. The molecule has 11 heteroatoms. The fourth-order valence-electron chi connectivity index (χ4n) is 4.21. The van der Waals surface area contributed by atoms with Crippen molar-refractivity contribution in [2.45, 2.75) is 92.6 Å². The van der Waals surface area contributed by atoms with Crippen molar-refractivity contribution in [2.75, 3.05) is 0 Å². The lowest BCUT2D eigenvalue weighted by Crippen LogP contribution is -2.59. The summed E-state index contributed by atoms with van der Waals surface area (Å²) in [6.07, 6.45) is 0. The topological polar surface area (TPSA) is 160 Å². The molecule has 0 aliphatic heterocycles. The van der Waals surface area contributed by atoms with Gasteiger partial charge in [-0.25, -0.2) is 4.79 Å². The number of amides is 4. The Balaban J connectivity index is 2.03. The number of nitrogens with one attached hydrogen (secondary N) is 4. The molecule has 0 fully saturated rings. The molecule has 0 aliphatic carbocycles. The van der Waals surface area contributed by atoms with Gasteiger partial charge in [0.05, 0.1) is 11.6 Å². The second kappa shape index (κ2) is 15.5. The molecule has 244 valence electrons. The highest BCUT2D eigenvalue weighted by atomic mass is 16.6. The summed E-state index contributed by atoms with van der Waals surface area (Å²) in [5.41, 5.74) is -0.0890. The van der Waals surface area contributed by atoms with E-state index in [1.807, 2.05) is 0 Å². The van der Waals surface area contributed by atoms with Crippen molar-refractivity contribution in [3.05, 3.63) is 71.3 Å². The maximum absolute atomic E-state index is 13.2. The largest absolute Gasteiger partial charge is 0.456 e. The van der Waals surface area contributed by atoms with E-state index in [1.54, 1.807) is 110 Å². The Morgan fingerprint density at radius 3 is 1.89 bits per heavy atom. The van der Waals surface area contributed by atoms with Crippen LogP contribution in [0.5, 0.6) is 0 Å². The van der Waals surface area contributed by atoms with Crippen molar-refractivity contribution in [3.63, 3.8) is 0 Å². The molecule has 2 rings (SSSR count). The fraction of sp³-hybridized carbons (Fsp3) is 0.471. The first kappa shape index (κ1) is 36.7. The molecule has 11 nitrogen and oxygen atoms in total. The summed E-state index contributed by atoms with van der Waals surface area (Å²) < 4.78 is 5.38. The van der Waals surface area contributed by atoms with Gasteiger partial charge in [0.25, 0.3) is 11.8 Å². The smallest absolute Gasteiger partial charge is 0.338 e. The number of hydrogen-bond acceptors (Lipinski definition) is 7. The van der Waals surface area contributed by atoms with E-state index in [0.717, 1.165) is 0 Å². The van der Waals surface area contributed by atoms with Crippen molar-refractivity contribution < 1.29 is 33.5 Å². The number of rotatable bonds is 12. The van der Waals surface area contributed by atoms with Crippen molar-refractivity contribution in [3.8, 4) is 0 Å². The van der Waals surface area contributed by atoms with Gasteiger partial charge >= 0.3 is 5.97 Å². The normalized spacial score (nSPS) is 13.6. The Bertz CT molecular complexity index is 1390. The van der Waals surface area contributed by atoms with Gasteiger partial charge in [0.15, 0.2) is 0 Å². The van der Waals surface area contributed by atoms with Crippen LogP contribution in [0, 0.1) is 11.3 Å². The molecule has 0 aromatic heterocycles. The van der Waals surface area contributed by atoms with Crippen molar-refractivity contribution in [1.82, 2.24) is 21.3 Å². The summed E-state index contributed by atoms with van der Waals surface area (Å²) in [6.45, 7) is 15.4. The van der Waals surface area contributed by atoms with E-state index in [1.165, 1.54) is 6.92 Å². The van der Waals surface area contributed by atoms with Crippen LogP contribution in [0.4, 0.5) is 0 Å². The van der Waals surface area contributed by atoms with Gasteiger partial charge in [-0.3, -0.25) is 24.0 Å². The summed E-state index contributed by atoms with van der Waals surface area (Å²) in [5, 5.41) is 10.5. The Kier molecular flexibility index (Phi) is 12.6. The summed E-state index contributed by atoms with van der Waals surface area (Å²) >= 11 is 0. The summed E-state index contributed by atoms with van der Waals surface area (Å²) in [5.74, 6) is -4.41. The molecule has 0 radical (unpaired) electrons. The molecule has 45 heavy (non-hydrogen) atoms. The molecule has 0 spiro atoms. The van der Waals surface area contributed by atoms with E-state index in [2.05, 4.69) is 21.3 Å². The molecular weight excluding hydrogens is 576 g/mol. The molecule has 0 heterocycles. The molecule has 2 aromatic rings. The van der Waals surface area contributed by atoms with Crippen molar-refractivity contribution >= 4 is 35.4 Å². The molecular formula is C34H46N4O7. The van der Waals surface area contributed by atoms with Crippen molar-refractivity contribution in [2.24, 2.45) is 11.3 Å². The third-order valence-corrected chi connectivity index (χ3v) is 6.68. The highest BCUT2D eigenvalue weighted by Gasteiger charge is 2.36. The van der Waals surface area contributed by atoms with Gasteiger partial charge in [-0.15, -0.1) is 0 Å². The van der Waals surface area contributed by atoms with E-state index < -0.39 is 70.4 Å². The summed E-state index contributed by atoms with van der Waals surface area (Å²) in [4.78, 5) is 77.3. The molecule has 3 atom stereocenters. The summed E-state index contributed by atoms with van der Waals surface area (Å²) in [7, 11) is 0. The van der Waals surface area contributed by atoms with Gasteiger partial charge in [0.1, 0.15) is 17.7 Å². The van der Waals surface area contributed by atoms with E-state index in [-0.39, 0.29) is 6.54 Å². The quantitative estimate of drug-likeness (QED) is 0.209. The average Bonchev–Trinajstić information content (AvgIpc) is 2.95. The Morgan fingerprint density at radius 2 is 1.33 bits per heavy atom. The minimum Gasteiger partial charge on any atom is -0.456 e. The fourth-order valence-corrected chi connectivity index (χ4v) is 4.21. The second-order valence-corrected chi connectivity index (χ2v) is 13.3. The SMILES string of the molecule is CC(NC(=O)C(NC(=O)c1ccccc1)C(C)(C)C)C(=O)NC(C(=O)C(=O)NCc1cccc(C(=O)OC(C)(C)C)c1)C(C)C. The lowest BCUT2D eigenvalue weighted by molar-refractivity contribution is -0.141. The van der Waals surface area contributed by atoms with Gasteiger partial charge in [0.2, 0.25) is 17.6 Å². The first-order chi connectivity index (χ1) is 20.8. The highest BCUT2D eigenvalue weighted by Crippen LogP contribution is 2.20. The molecule has 0 aliphatic rings. The standard InChI is InChI=1S/C34H46N4O7/c1-20(2)25(26(39)30(42)35-19-22-14-13-17-24(18-22)32(44)45-34(7,8)9)37-28(40)21(3)36-31(43)27(33(4,5)6)38-29(41)23-15-11-10-12-16-23/h10-18,20-21,25,27H,19H2,1-9H3,(H,35,42)(H,36,43)(H,37,40)(H,38,41). The van der Waals surface area contributed by atoms with E-state index in [9.17, 15) is 28.8 Å². The van der Waals surface area contributed by atoms with E-state index in [4.69, 9.17) is 4.74 Å². The number of hydrogen-bond donors (Lipinski definition) is 4. The maximum Gasteiger partial charge on any atom is 0.338 e. The van der Waals surface area contributed by atoms with Gasteiger partial charge in [0, 0.05) is 12.1 Å². The van der Waals surface area contributed by atoms with Crippen LogP contribution in [-0.4, -0.2) is 59.1 Å². The van der Waals surface area contributed by atoms with Crippen LogP contribution in [0.3, 0.4) is 0 Å². The van der Waals surface area contributed by atoms with Crippen LogP contribution >= 0.6 is 0 Å². The number of ether oxygens (including phenoxy) is 1. The second-order valence-electron chi connectivity index (χ2n) is 13.3. The molecule has 4 N–H and O–H groups in total. The van der Waals surface area contributed by atoms with Gasteiger partial charge in [-0.1, -0.05) is 65.0 Å². The number of Topliss-reactive ketones (excluding diaryl/α,β-unsaturated/α-hetero) is 1. The van der Waals surface area contributed by atoms with E-state index >= 15 is 0 Å². The number of benzene rings is 2. The van der Waals surface area contributed by atoms with Crippen LogP contribution in [0.15, 0.2) is 54.6 Å². The molecule has 4 amide bonds. The zero-order chi connectivity index (χ0) is 34.1. The first-order valence-electron chi connectivity index (χ1n) is 14.9. The Labute approximate surface area is 265 Å². The maximum atomic E-state index is 13.2. The average molecular weight is 623 g/mol. The number of carbonyl (C=O) groups excluding carboxylic acids is 6. The van der Waals surface area contributed by atoms with Crippen LogP contribution < -0.4 is 21.3 Å². The van der Waals surface area contributed by atoms with Gasteiger partial charge < -0.3 is 26.0 Å². The Hall–Kier alpha value is -4.54. The first-order valence-corrected chi connectivity index (χ1v) is 14.9. The van der Waals surface area contributed by atoms with Crippen molar-refractivity contribution in [1.29, 1.82) is 0 Å². The summed E-state index contributed by atoms with van der Waals surface area (Å²) in [6, 6.07) is 11.7. The predicted octanol–water partition coefficient (Wildman–Crippen LogP) is 3.32. The van der Waals surface area contributed by atoms with Crippen LogP contribution in [0.25, 0.3) is 0 Å². The minimum atomic E-state index is -1.17. The number of esters is 1. The molecule has 0 saturated heterocycles. The predicted molar refractivity (Wildman–Crippen MR) is 170 cm³/mol. The third kappa shape index (κ3) is 11.5. The monoisotopic (exact) mass is 622 g/mol. The third-order valence-electron chi connectivity index (χ3n) is 6.68. The van der Waals surface area contributed by atoms with Gasteiger partial charge in [-0.2, -0.15) is 0 Å². The molecule has 3 unspecified atom stereocenters. The highest BCUT2D eigenvalue weighted by molar-refractivity contribution is 6.38. The van der Waals surface area contributed by atoms with Gasteiger partial charge in [-0.05, 0) is 68.9 Å². The lowest BCUT2D eigenvalue weighted by atomic mass is 9.85. The zero-order valence-corrected chi connectivity index (χ0v) is 27.6. The minimum absolute atomic E-state index is 0.0324. The number of carbonyl (C=O) groups is 6. The molecule has 0 saturated carbocycles. The Morgan fingerprint density at radius 1 is 0.733 bits per heavy atom.